The molecule has 2 rings (SSSR count). The van der Waals surface area contributed by atoms with E-state index in [4.69, 9.17) is 5.73 Å². The Hall–Kier alpha value is -1.03. The van der Waals surface area contributed by atoms with Gasteiger partial charge >= 0.3 is 0 Å². The summed E-state index contributed by atoms with van der Waals surface area (Å²) in [6, 6.07) is 0.696. The Morgan fingerprint density at radius 2 is 2.21 bits per heavy atom. The molecule has 0 aliphatic carbocycles. The first-order chi connectivity index (χ1) is 9.15. The molecule has 2 unspecified atom stereocenters. The molecule has 4 heteroatoms. The van der Waals surface area contributed by atoms with Gasteiger partial charge in [0.2, 0.25) is 0 Å². The minimum Gasteiger partial charge on any atom is -0.355 e. The maximum absolute atomic E-state index is 5.91. The monoisotopic (exact) mass is 264 g/mol. The summed E-state index contributed by atoms with van der Waals surface area (Å²) in [5.74, 6) is 2.07. The van der Waals surface area contributed by atoms with Crippen LogP contribution in [0.5, 0.6) is 0 Å². The van der Waals surface area contributed by atoms with E-state index in [1.807, 2.05) is 6.34 Å². The summed E-state index contributed by atoms with van der Waals surface area (Å²) in [5.41, 5.74) is 7.39. The highest BCUT2D eigenvalue weighted by Crippen LogP contribution is 2.28. The van der Waals surface area contributed by atoms with Gasteiger partial charge in [0.15, 0.2) is 0 Å². The lowest BCUT2D eigenvalue weighted by Gasteiger charge is -2.42. The van der Waals surface area contributed by atoms with E-state index in [9.17, 15) is 0 Å². The first-order valence-electron chi connectivity index (χ1n) is 7.67. The summed E-state index contributed by atoms with van der Waals surface area (Å²) in [4.78, 5) is 6.96. The Labute approximate surface area is 117 Å². The smallest absolute Gasteiger partial charge is 0.108 e. The van der Waals surface area contributed by atoms with E-state index in [2.05, 4.69) is 36.0 Å². The molecule has 0 aromatic rings. The van der Waals surface area contributed by atoms with Crippen LogP contribution in [-0.4, -0.2) is 36.4 Å². The molecule has 4 nitrogen and oxygen atoms in total. The summed E-state index contributed by atoms with van der Waals surface area (Å²) in [6.07, 6.45) is 6.60. The summed E-state index contributed by atoms with van der Waals surface area (Å²) in [5, 5.41) is 3.36. The second-order valence-electron chi connectivity index (χ2n) is 5.94. The number of rotatable bonds is 6. The molecule has 0 radical (unpaired) electrons. The average Bonchev–Trinajstić information content (AvgIpc) is 2.40. The summed E-state index contributed by atoms with van der Waals surface area (Å²) >= 11 is 0. The highest BCUT2D eigenvalue weighted by molar-refractivity contribution is 5.61. The third-order valence-electron chi connectivity index (χ3n) is 4.38. The van der Waals surface area contributed by atoms with E-state index < -0.39 is 0 Å². The van der Waals surface area contributed by atoms with Gasteiger partial charge in [0.05, 0.1) is 12.4 Å². The van der Waals surface area contributed by atoms with Crippen LogP contribution in [0.4, 0.5) is 0 Å². The molecule has 2 aliphatic rings. The van der Waals surface area contributed by atoms with Crippen molar-refractivity contribution in [1.82, 2.24) is 10.2 Å². The Kier molecular flexibility index (Phi) is 4.86. The van der Waals surface area contributed by atoms with Crippen LogP contribution in [0.2, 0.25) is 0 Å². The number of hydrogen-bond donors (Lipinski definition) is 2. The number of nitrogens with one attached hydrogen (secondary N) is 1. The zero-order valence-electron chi connectivity index (χ0n) is 12.5. The molecular formula is C15H28N4. The molecule has 0 saturated carbocycles. The van der Waals surface area contributed by atoms with Gasteiger partial charge in [-0.25, -0.2) is 0 Å². The van der Waals surface area contributed by atoms with Crippen molar-refractivity contribution in [2.75, 3.05) is 13.1 Å². The average molecular weight is 264 g/mol. The number of likely N-dealkylation sites (tertiary alicyclic amines) is 1. The maximum atomic E-state index is 5.91. The van der Waals surface area contributed by atoms with Crippen LogP contribution in [0.25, 0.3) is 0 Å². The van der Waals surface area contributed by atoms with Crippen molar-refractivity contribution < 1.29 is 0 Å². The summed E-state index contributed by atoms with van der Waals surface area (Å²) < 4.78 is 0. The fourth-order valence-electron chi connectivity index (χ4n) is 2.76. The lowest BCUT2D eigenvalue weighted by molar-refractivity contribution is 0.188. The summed E-state index contributed by atoms with van der Waals surface area (Å²) in [6.45, 7) is 8.76. The molecular weight excluding hydrogens is 236 g/mol. The van der Waals surface area contributed by atoms with Crippen LogP contribution in [0.1, 0.15) is 46.5 Å². The van der Waals surface area contributed by atoms with Gasteiger partial charge in [0, 0.05) is 19.1 Å². The van der Waals surface area contributed by atoms with E-state index in [0.717, 1.165) is 31.8 Å². The van der Waals surface area contributed by atoms with Crippen LogP contribution in [0.3, 0.4) is 0 Å². The van der Waals surface area contributed by atoms with Crippen LogP contribution in [-0.2, 0) is 0 Å². The standard InChI is InChI=1S/C15H28N4/c1-4-11(3)6-7-13-14(5-2)17-10-18-15(13)19-8-12(16)9-19/h10-12,14H,4-9,16H2,1-3H3,(H,17,18). The summed E-state index contributed by atoms with van der Waals surface area (Å²) in [7, 11) is 0. The Morgan fingerprint density at radius 1 is 1.47 bits per heavy atom. The molecule has 108 valence electrons. The minimum atomic E-state index is 0.337. The number of nitrogens with two attached hydrogens (primary N) is 1. The van der Waals surface area contributed by atoms with E-state index in [-0.39, 0.29) is 0 Å². The number of nitrogens with zero attached hydrogens (tertiary/aromatic N) is 2. The van der Waals surface area contributed by atoms with Crippen LogP contribution in [0.15, 0.2) is 16.4 Å². The zero-order chi connectivity index (χ0) is 13.8. The molecule has 0 bridgehead atoms. The molecule has 2 heterocycles. The van der Waals surface area contributed by atoms with Crippen LogP contribution < -0.4 is 11.1 Å². The zero-order valence-corrected chi connectivity index (χ0v) is 12.5. The second-order valence-corrected chi connectivity index (χ2v) is 5.94. The van der Waals surface area contributed by atoms with Crippen molar-refractivity contribution in [2.24, 2.45) is 16.6 Å². The minimum absolute atomic E-state index is 0.337. The first-order valence-corrected chi connectivity index (χ1v) is 7.67. The van der Waals surface area contributed by atoms with Gasteiger partial charge in [0.25, 0.3) is 0 Å². The second kappa shape index (κ2) is 6.42. The Morgan fingerprint density at radius 3 is 2.79 bits per heavy atom. The molecule has 0 spiro atoms. The molecule has 2 aliphatic heterocycles. The lowest BCUT2D eigenvalue weighted by Crippen LogP contribution is -2.57. The van der Waals surface area contributed by atoms with Crippen molar-refractivity contribution in [2.45, 2.75) is 58.5 Å². The van der Waals surface area contributed by atoms with Crippen molar-refractivity contribution >= 4 is 6.34 Å². The van der Waals surface area contributed by atoms with E-state index in [0.29, 0.717) is 12.1 Å². The fourth-order valence-corrected chi connectivity index (χ4v) is 2.76. The molecule has 19 heavy (non-hydrogen) atoms. The van der Waals surface area contributed by atoms with Gasteiger partial charge in [-0.1, -0.05) is 27.2 Å². The van der Waals surface area contributed by atoms with Gasteiger partial charge in [-0.15, -0.1) is 0 Å². The van der Waals surface area contributed by atoms with E-state index in [1.54, 1.807) is 0 Å². The largest absolute Gasteiger partial charge is 0.355 e. The van der Waals surface area contributed by atoms with Gasteiger partial charge < -0.3 is 16.0 Å². The maximum Gasteiger partial charge on any atom is 0.108 e. The van der Waals surface area contributed by atoms with Gasteiger partial charge in [0.1, 0.15) is 5.82 Å². The van der Waals surface area contributed by atoms with E-state index in [1.165, 1.54) is 24.2 Å². The van der Waals surface area contributed by atoms with Crippen molar-refractivity contribution in [3.63, 3.8) is 0 Å². The predicted molar refractivity (Wildman–Crippen MR) is 81.0 cm³/mol. The number of aliphatic imine (C=N–C) groups is 1. The molecule has 0 aromatic carbocycles. The van der Waals surface area contributed by atoms with E-state index >= 15 is 0 Å². The van der Waals surface area contributed by atoms with Crippen LogP contribution in [0, 0.1) is 5.92 Å². The molecule has 1 saturated heterocycles. The fraction of sp³-hybridized carbons (Fsp3) is 0.800. The number of hydrogen-bond acceptors (Lipinski definition) is 4. The molecule has 3 N–H and O–H groups in total. The predicted octanol–water partition coefficient (Wildman–Crippen LogP) is 2.08. The van der Waals surface area contributed by atoms with Crippen molar-refractivity contribution in [3.8, 4) is 0 Å². The highest BCUT2D eigenvalue weighted by atomic mass is 15.3. The topological polar surface area (TPSA) is 53.6 Å². The van der Waals surface area contributed by atoms with Gasteiger partial charge in [-0.05, 0) is 30.8 Å². The lowest BCUT2D eigenvalue weighted by atomic mass is 9.92. The van der Waals surface area contributed by atoms with Crippen molar-refractivity contribution in [3.05, 3.63) is 11.4 Å². The van der Waals surface area contributed by atoms with Crippen molar-refractivity contribution in [1.29, 1.82) is 0 Å². The quantitative estimate of drug-likeness (QED) is 0.772. The van der Waals surface area contributed by atoms with Gasteiger partial charge in [-0.3, -0.25) is 4.99 Å². The third-order valence-corrected chi connectivity index (χ3v) is 4.38. The Balaban J connectivity index is 2.08. The SMILES string of the molecule is CCC(C)CCC1=C(N2CC(N)C2)NC=NC1CC. The molecule has 0 aromatic heterocycles. The molecule has 0 amide bonds. The Bertz CT molecular complexity index is 355. The third kappa shape index (κ3) is 3.30. The van der Waals surface area contributed by atoms with Crippen LogP contribution >= 0.6 is 0 Å². The highest BCUT2D eigenvalue weighted by Gasteiger charge is 2.30. The first kappa shape index (κ1) is 14.4. The normalized spacial score (nSPS) is 25.3. The molecule has 1 fully saturated rings. The van der Waals surface area contributed by atoms with Gasteiger partial charge in [-0.2, -0.15) is 0 Å². The molecule has 2 atom stereocenters.